The Kier molecular flexibility index (Phi) is 4.81. The van der Waals surface area contributed by atoms with E-state index < -0.39 is 0 Å². The highest BCUT2D eigenvalue weighted by molar-refractivity contribution is 6.33. The molecule has 1 amide bonds. The molecule has 1 aromatic rings. The fourth-order valence-electron chi connectivity index (χ4n) is 2.47. The molecule has 1 aliphatic rings. The van der Waals surface area contributed by atoms with Gasteiger partial charge in [-0.05, 0) is 31.0 Å². The second-order valence-corrected chi connectivity index (χ2v) is 5.39. The van der Waals surface area contributed by atoms with E-state index in [4.69, 9.17) is 16.9 Å². The Labute approximate surface area is 118 Å². The molecular formula is C15H17ClN2O. The maximum absolute atomic E-state index is 12.2. The first-order valence-electron chi connectivity index (χ1n) is 6.71. The molecule has 4 heteroatoms. The predicted molar refractivity (Wildman–Crippen MR) is 76.0 cm³/mol. The SMILES string of the molecule is N#Cc1ccc(Cl)c(NC(=O)C2CCCCCC2)c1. The Hall–Kier alpha value is -1.53. The molecule has 0 aromatic heterocycles. The van der Waals surface area contributed by atoms with Crippen LogP contribution in [0.4, 0.5) is 5.69 Å². The van der Waals surface area contributed by atoms with Gasteiger partial charge in [-0.1, -0.05) is 37.3 Å². The van der Waals surface area contributed by atoms with Crippen LogP contribution in [0.25, 0.3) is 0 Å². The standard InChI is InChI=1S/C15H17ClN2O/c16-13-8-7-11(10-17)9-14(13)18-15(19)12-5-3-1-2-4-6-12/h7-9,12H,1-6H2,(H,18,19). The summed E-state index contributed by atoms with van der Waals surface area (Å²) in [7, 11) is 0. The third-order valence-corrected chi connectivity index (χ3v) is 3.91. The number of nitrogens with one attached hydrogen (secondary N) is 1. The number of carbonyl (C=O) groups excluding carboxylic acids is 1. The minimum absolute atomic E-state index is 0.0267. The summed E-state index contributed by atoms with van der Waals surface area (Å²) in [6, 6.07) is 6.95. The van der Waals surface area contributed by atoms with Crippen LogP contribution < -0.4 is 5.32 Å². The molecule has 1 N–H and O–H groups in total. The van der Waals surface area contributed by atoms with Crippen molar-refractivity contribution >= 4 is 23.2 Å². The summed E-state index contributed by atoms with van der Waals surface area (Å²) in [5.74, 6) is 0.100. The third kappa shape index (κ3) is 3.71. The normalized spacial score (nSPS) is 16.4. The molecule has 1 aromatic carbocycles. The fourth-order valence-corrected chi connectivity index (χ4v) is 2.63. The van der Waals surface area contributed by atoms with Crippen molar-refractivity contribution < 1.29 is 4.79 Å². The van der Waals surface area contributed by atoms with Crippen molar-refractivity contribution in [3.05, 3.63) is 28.8 Å². The lowest BCUT2D eigenvalue weighted by molar-refractivity contribution is -0.120. The maximum atomic E-state index is 12.2. The summed E-state index contributed by atoms with van der Waals surface area (Å²) in [4.78, 5) is 12.2. The zero-order chi connectivity index (χ0) is 13.7. The number of amides is 1. The molecule has 0 atom stereocenters. The lowest BCUT2D eigenvalue weighted by atomic mass is 9.99. The molecular weight excluding hydrogens is 260 g/mol. The van der Waals surface area contributed by atoms with E-state index in [1.54, 1.807) is 18.2 Å². The van der Waals surface area contributed by atoms with Crippen LogP contribution in [0, 0.1) is 17.2 Å². The Bertz CT molecular complexity index is 499. The number of anilines is 1. The van der Waals surface area contributed by atoms with Crippen LogP contribution in [0.2, 0.25) is 5.02 Å². The number of hydrogen-bond donors (Lipinski definition) is 1. The minimum Gasteiger partial charge on any atom is -0.324 e. The van der Waals surface area contributed by atoms with Gasteiger partial charge < -0.3 is 5.32 Å². The monoisotopic (exact) mass is 276 g/mol. The first-order valence-corrected chi connectivity index (χ1v) is 7.09. The first kappa shape index (κ1) is 13.9. The number of rotatable bonds is 2. The molecule has 2 rings (SSSR count). The van der Waals surface area contributed by atoms with Crippen molar-refractivity contribution in [1.82, 2.24) is 0 Å². The average Bonchev–Trinajstić information content (AvgIpc) is 2.70. The molecule has 0 aliphatic heterocycles. The number of nitrogens with zero attached hydrogens (tertiary/aromatic N) is 1. The van der Waals surface area contributed by atoms with Gasteiger partial charge in [0.05, 0.1) is 22.3 Å². The largest absolute Gasteiger partial charge is 0.324 e. The molecule has 0 unspecified atom stereocenters. The summed E-state index contributed by atoms with van der Waals surface area (Å²) < 4.78 is 0. The molecule has 0 radical (unpaired) electrons. The molecule has 100 valence electrons. The second kappa shape index (κ2) is 6.58. The van der Waals surface area contributed by atoms with E-state index in [9.17, 15) is 4.79 Å². The first-order chi connectivity index (χ1) is 9.20. The summed E-state index contributed by atoms with van der Waals surface area (Å²) in [6.45, 7) is 0. The quantitative estimate of drug-likeness (QED) is 0.826. The Morgan fingerprint density at radius 1 is 1.26 bits per heavy atom. The van der Waals surface area contributed by atoms with Gasteiger partial charge in [-0.15, -0.1) is 0 Å². The second-order valence-electron chi connectivity index (χ2n) is 4.98. The van der Waals surface area contributed by atoms with E-state index in [0.29, 0.717) is 16.3 Å². The van der Waals surface area contributed by atoms with E-state index in [2.05, 4.69) is 5.32 Å². The summed E-state index contributed by atoms with van der Waals surface area (Å²) >= 11 is 6.04. The molecule has 0 saturated heterocycles. The molecule has 1 aliphatic carbocycles. The van der Waals surface area contributed by atoms with Crippen molar-refractivity contribution in [3.63, 3.8) is 0 Å². The van der Waals surface area contributed by atoms with Crippen molar-refractivity contribution in [3.8, 4) is 6.07 Å². The van der Waals surface area contributed by atoms with Crippen molar-refractivity contribution in [2.75, 3.05) is 5.32 Å². The number of benzene rings is 1. The number of hydrogen-bond acceptors (Lipinski definition) is 2. The molecule has 3 nitrogen and oxygen atoms in total. The van der Waals surface area contributed by atoms with E-state index in [1.807, 2.05) is 6.07 Å². The number of halogens is 1. The zero-order valence-electron chi connectivity index (χ0n) is 10.8. The van der Waals surface area contributed by atoms with Gasteiger partial charge in [-0.2, -0.15) is 5.26 Å². The molecule has 0 bridgehead atoms. The molecule has 19 heavy (non-hydrogen) atoms. The third-order valence-electron chi connectivity index (χ3n) is 3.58. The van der Waals surface area contributed by atoms with Gasteiger partial charge in [0.15, 0.2) is 0 Å². The van der Waals surface area contributed by atoms with Crippen LogP contribution in [0.5, 0.6) is 0 Å². The summed E-state index contributed by atoms with van der Waals surface area (Å²) in [5, 5.41) is 12.2. The van der Waals surface area contributed by atoms with Gasteiger partial charge in [-0.25, -0.2) is 0 Å². The summed E-state index contributed by atoms with van der Waals surface area (Å²) in [5.41, 5.74) is 1.04. The summed E-state index contributed by atoms with van der Waals surface area (Å²) in [6.07, 6.45) is 6.56. The average molecular weight is 277 g/mol. The maximum Gasteiger partial charge on any atom is 0.227 e. The van der Waals surface area contributed by atoms with Gasteiger partial charge in [0, 0.05) is 5.92 Å². The van der Waals surface area contributed by atoms with Gasteiger partial charge in [0.2, 0.25) is 5.91 Å². The van der Waals surface area contributed by atoms with Crippen LogP contribution in [0.3, 0.4) is 0 Å². The highest BCUT2D eigenvalue weighted by atomic mass is 35.5. The Morgan fingerprint density at radius 3 is 2.58 bits per heavy atom. The van der Waals surface area contributed by atoms with E-state index >= 15 is 0 Å². The smallest absolute Gasteiger partial charge is 0.227 e. The van der Waals surface area contributed by atoms with Crippen molar-refractivity contribution in [1.29, 1.82) is 5.26 Å². The Morgan fingerprint density at radius 2 is 1.95 bits per heavy atom. The topological polar surface area (TPSA) is 52.9 Å². The van der Waals surface area contributed by atoms with Crippen LogP contribution in [0.1, 0.15) is 44.1 Å². The van der Waals surface area contributed by atoms with Crippen LogP contribution in [0.15, 0.2) is 18.2 Å². The van der Waals surface area contributed by atoms with E-state index in [0.717, 1.165) is 25.7 Å². The molecule has 0 heterocycles. The number of nitriles is 1. The molecule has 1 fully saturated rings. The van der Waals surface area contributed by atoms with Gasteiger partial charge in [-0.3, -0.25) is 4.79 Å². The van der Waals surface area contributed by atoms with Gasteiger partial charge >= 0.3 is 0 Å². The lowest BCUT2D eigenvalue weighted by Gasteiger charge is -2.15. The highest BCUT2D eigenvalue weighted by Gasteiger charge is 2.20. The Balaban J connectivity index is 2.07. The van der Waals surface area contributed by atoms with Crippen molar-refractivity contribution in [2.45, 2.75) is 38.5 Å². The molecule has 1 saturated carbocycles. The zero-order valence-corrected chi connectivity index (χ0v) is 11.5. The van der Waals surface area contributed by atoms with Gasteiger partial charge in [0.1, 0.15) is 0 Å². The van der Waals surface area contributed by atoms with Crippen LogP contribution in [-0.2, 0) is 4.79 Å². The minimum atomic E-state index is 0.0267. The fraction of sp³-hybridized carbons (Fsp3) is 0.467. The number of carbonyl (C=O) groups is 1. The highest BCUT2D eigenvalue weighted by Crippen LogP contribution is 2.27. The predicted octanol–water partition coefficient (Wildman–Crippen LogP) is 4.12. The van der Waals surface area contributed by atoms with E-state index in [-0.39, 0.29) is 11.8 Å². The van der Waals surface area contributed by atoms with Gasteiger partial charge in [0.25, 0.3) is 0 Å². The molecule has 0 spiro atoms. The van der Waals surface area contributed by atoms with E-state index in [1.165, 1.54) is 12.8 Å². The lowest BCUT2D eigenvalue weighted by Crippen LogP contribution is -2.22. The van der Waals surface area contributed by atoms with Crippen LogP contribution >= 0.6 is 11.6 Å². The van der Waals surface area contributed by atoms with Crippen LogP contribution in [-0.4, -0.2) is 5.91 Å². The van der Waals surface area contributed by atoms with Crippen molar-refractivity contribution in [2.24, 2.45) is 5.92 Å².